The SMILES string of the molecule is CC(C)CN(C1CCCC1)S(=O)(=O)c1cccc(CCl)c1. The number of sulfonamides is 1. The van der Waals surface area contributed by atoms with Crippen molar-refractivity contribution in [1.82, 2.24) is 4.31 Å². The Labute approximate surface area is 133 Å². The molecule has 0 heterocycles. The fourth-order valence-corrected chi connectivity index (χ4v) is 5.01. The Hall–Kier alpha value is -0.580. The molecule has 1 aromatic carbocycles. The molecule has 5 heteroatoms. The summed E-state index contributed by atoms with van der Waals surface area (Å²) in [5.41, 5.74) is 0.841. The summed E-state index contributed by atoms with van der Waals surface area (Å²) in [6, 6.07) is 7.15. The van der Waals surface area contributed by atoms with Gasteiger partial charge in [0.1, 0.15) is 0 Å². The van der Waals surface area contributed by atoms with E-state index in [9.17, 15) is 8.42 Å². The molecule has 1 aliphatic rings. The van der Waals surface area contributed by atoms with E-state index < -0.39 is 10.0 Å². The quantitative estimate of drug-likeness (QED) is 0.739. The lowest BCUT2D eigenvalue weighted by Crippen LogP contribution is -2.41. The molecular formula is C16H24ClNO2S. The molecule has 0 saturated heterocycles. The van der Waals surface area contributed by atoms with E-state index in [1.807, 2.05) is 6.07 Å². The summed E-state index contributed by atoms with van der Waals surface area (Å²) in [7, 11) is -3.44. The van der Waals surface area contributed by atoms with Gasteiger partial charge in [-0.25, -0.2) is 8.42 Å². The third-order valence-electron chi connectivity index (χ3n) is 3.94. The number of nitrogens with zero attached hydrogens (tertiary/aromatic N) is 1. The van der Waals surface area contributed by atoms with Gasteiger partial charge in [0, 0.05) is 18.5 Å². The first-order valence-electron chi connectivity index (χ1n) is 7.62. The van der Waals surface area contributed by atoms with Crippen LogP contribution in [0.1, 0.15) is 45.1 Å². The zero-order valence-electron chi connectivity index (χ0n) is 12.8. The smallest absolute Gasteiger partial charge is 0.207 e. The standard InChI is InChI=1S/C16H24ClNO2S/c1-13(2)12-18(15-7-3-4-8-15)21(19,20)16-9-5-6-14(10-16)11-17/h5-6,9-10,13,15H,3-4,7-8,11-12H2,1-2H3. The van der Waals surface area contributed by atoms with Gasteiger partial charge in [-0.05, 0) is 36.5 Å². The number of alkyl halides is 1. The highest BCUT2D eigenvalue weighted by molar-refractivity contribution is 7.89. The molecule has 118 valence electrons. The van der Waals surface area contributed by atoms with Gasteiger partial charge in [0.2, 0.25) is 10.0 Å². The van der Waals surface area contributed by atoms with Crippen LogP contribution in [-0.4, -0.2) is 25.3 Å². The van der Waals surface area contributed by atoms with Crippen LogP contribution in [0.3, 0.4) is 0 Å². The third-order valence-corrected chi connectivity index (χ3v) is 6.16. The molecule has 1 aliphatic carbocycles. The van der Waals surface area contributed by atoms with E-state index in [4.69, 9.17) is 11.6 Å². The number of rotatable bonds is 6. The van der Waals surface area contributed by atoms with Crippen molar-refractivity contribution < 1.29 is 8.42 Å². The molecule has 3 nitrogen and oxygen atoms in total. The van der Waals surface area contributed by atoms with Gasteiger partial charge in [0.05, 0.1) is 4.90 Å². The van der Waals surface area contributed by atoms with Crippen LogP contribution in [0, 0.1) is 5.92 Å². The van der Waals surface area contributed by atoms with Crippen molar-refractivity contribution in [2.45, 2.75) is 56.3 Å². The minimum atomic E-state index is -3.44. The van der Waals surface area contributed by atoms with E-state index in [0.717, 1.165) is 31.2 Å². The Morgan fingerprint density at radius 2 is 1.95 bits per heavy atom. The summed E-state index contributed by atoms with van der Waals surface area (Å²) < 4.78 is 27.7. The van der Waals surface area contributed by atoms with Crippen molar-refractivity contribution in [3.8, 4) is 0 Å². The van der Waals surface area contributed by atoms with E-state index >= 15 is 0 Å². The lowest BCUT2D eigenvalue weighted by atomic mass is 10.2. The van der Waals surface area contributed by atoms with Crippen LogP contribution in [-0.2, 0) is 15.9 Å². The molecule has 0 spiro atoms. The average molecular weight is 330 g/mol. The van der Waals surface area contributed by atoms with Crippen LogP contribution in [0.2, 0.25) is 0 Å². The summed E-state index contributed by atoms with van der Waals surface area (Å²) in [6.07, 6.45) is 4.19. The van der Waals surface area contributed by atoms with Gasteiger partial charge in [-0.2, -0.15) is 4.31 Å². The summed E-state index contributed by atoms with van der Waals surface area (Å²) in [5.74, 6) is 0.647. The average Bonchev–Trinajstić information content (AvgIpc) is 2.98. The summed E-state index contributed by atoms with van der Waals surface area (Å²) in [6.45, 7) is 4.71. The number of hydrogen-bond acceptors (Lipinski definition) is 2. The minimum Gasteiger partial charge on any atom is -0.207 e. The van der Waals surface area contributed by atoms with Crippen molar-refractivity contribution in [1.29, 1.82) is 0 Å². The minimum absolute atomic E-state index is 0.150. The van der Waals surface area contributed by atoms with Gasteiger partial charge in [0.15, 0.2) is 0 Å². The predicted molar refractivity (Wildman–Crippen MR) is 87.0 cm³/mol. The summed E-state index contributed by atoms with van der Waals surface area (Å²) in [5, 5.41) is 0. The molecular weight excluding hydrogens is 306 g/mol. The first kappa shape index (κ1) is 16.8. The number of halogens is 1. The first-order valence-corrected chi connectivity index (χ1v) is 9.59. The first-order chi connectivity index (χ1) is 9.95. The van der Waals surface area contributed by atoms with E-state index in [2.05, 4.69) is 13.8 Å². The maximum Gasteiger partial charge on any atom is 0.243 e. The second-order valence-corrected chi connectivity index (χ2v) is 8.35. The maximum absolute atomic E-state index is 13.0. The van der Waals surface area contributed by atoms with Crippen molar-refractivity contribution in [3.63, 3.8) is 0 Å². The van der Waals surface area contributed by atoms with Crippen molar-refractivity contribution in [3.05, 3.63) is 29.8 Å². The molecule has 0 unspecified atom stereocenters. The van der Waals surface area contributed by atoms with E-state index in [1.165, 1.54) is 0 Å². The van der Waals surface area contributed by atoms with Gasteiger partial charge in [-0.15, -0.1) is 11.6 Å². The molecule has 0 bridgehead atoms. The van der Waals surface area contributed by atoms with Crippen molar-refractivity contribution in [2.75, 3.05) is 6.54 Å². The highest BCUT2D eigenvalue weighted by Crippen LogP contribution is 2.29. The lowest BCUT2D eigenvalue weighted by molar-refractivity contribution is 0.292. The molecule has 0 radical (unpaired) electrons. The van der Waals surface area contributed by atoms with Gasteiger partial charge in [-0.1, -0.05) is 38.8 Å². The third kappa shape index (κ3) is 3.99. The Bertz CT molecular complexity index is 565. The molecule has 0 atom stereocenters. The van der Waals surface area contributed by atoms with Crippen LogP contribution in [0.15, 0.2) is 29.2 Å². The molecule has 1 saturated carbocycles. The highest BCUT2D eigenvalue weighted by Gasteiger charge is 2.33. The molecule has 0 aromatic heterocycles. The largest absolute Gasteiger partial charge is 0.243 e. The maximum atomic E-state index is 13.0. The fraction of sp³-hybridized carbons (Fsp3) is 0.625. The Morgan fingerprint density at radius 1 is 1.29 bits per heavy atom. The fourth-order valence-electron chi connectivity index (χ4n) is 2.92. The predicted octanol–water partition coefficient (Wildman–Crippen LogP) is 4.01. The molecule has 1 fully saturated rings. The van der Waals surface area contributed by atoms with Crippen LogP contribution < -0.4 is 0 Å². The number of hydrogen-bond donors (Lipinski definition) is 0. The van der Waals surface area contributed by atoms with E-state index in [1.54, 1.807) is 22.5 Å². The molecule has 0 amide bonds. The normalized spacial score (nSPS) is 17.0. The highest BCUT2D eigenvalue weighted by atomic mass is 35.5. The number of benzene rings is 1. The van der Waals surface area contributed by atoms with Crippen LogP contribution >= 0.6 is 11.6 Å². The molecule has 0 aliphatic heterocycles. The van der Waals surface area contributed by atoms with E-state index in [0.29, 0.717) is 23.2 Å². The van der Waals surface area contributed by atoms with Gasteiger partial charge in [0.25, 0.3) is 0 Å². The summed E-state index contributed by atoms with van der Waals surface area (Å²) in [4.78, 5) is 0.369. The van der Waals surface area contributed by atoms with Gasteiger partial charge < -0.3 is 0 Å². The molecule has 21 heavy (non-hydrogen) atoms. The molecule has 0 N–H and O–H groups in total. The second kappa shape index (κ2) is 7.12. The monoisotopic (exact) mass is 329 g/mol. The van der Waals surface area contributed by atoms with Crippen molar-refractivity contribution in [2.24, 2.45) is 5.92 Å². The zero-order chi connectivity index (χ0) is 15.5. The topological polar surface area (TPSA) is 37.4 Å². The van der Waals surface area contributed by atoms with E-state index in [-0.39, 0.29) is 6.04 Å². The van der Waals surface area contributed by atoms with Gasteiger partial charge in [-0.3, -0.25) is 0 Å². The van der Waals surface area contributed by atoms with Crippen LogP contribution in [0.5, 0.6) is 0 Å². The Morgan fingerprint density at radius 3 is 2.52 bits per heavy atom. The van der Waals surface area contributed by atoms with Crippen LogP contribution in [0.25, 0.3) is 0 Å². The lowest BCUT2D eigenvalue weighted by Gasteiger charge is -2.29. The Balaban J connectivity index is 2.35. The summed E-state index contributed by atoms with van der Waals surface area (Å²) >= 11 is 5.83. The molecule has 1 aromatic rings. The van der Waals surface area contributed by atoms with Gasteiger partial charge >= 0.3 is 0 Å². The van der Waals surface area contributed by atoms with Crippen molar-refractivity contribution >= 4 is 21.6 Å². The Kier molecular flexibility index (Phi) is 5.69. The molecule has 2 rings (SSSR count). The zero-order valence-corrected chi connectivity index (χ0v) is 14.3. The van der Waals surface area contributed by atoms with Crippen LogP contribution in [0.4, 0.5) is 0 Å². The second-order valence-electron chi connectivity index (χ2n) is 6.19.